The van der Waals surface area contributed by atoms with E-state index in [2.05, 4.69) is 10.3 Å². The first-order chi connectivity index (χ1) is 9.08. The quantitative estimate of drug-likeness (QED) is 0.872. The van der Waals surface area contributed by atoms with Crippen molar-refractivity contribution in [3.8, 4) is 10.8 Å². The van der Waals surface area contributed by atoms with Crippen LogP contribution in [0.3, 0.4) is 0 Å². The number of rotatable bonds is 5. The summed E-state index contributed by atoms with van der Waals surface area (Å²) in [6, 6.07) is 3.50. The Morgan fingerprint density at radius 3 is 3.00 bits per heavy atom. The molecule has 0 bridgehead atoms. The van der Waals surface area contributed by atoms with E-state index in [-0.39, 0.29) is 12.5 Å². The number of nitrogens with zero attached hydrogens (tertiary/aromatic N) is 1. The summed E-state index contributed by atoms with van der Waals surface area (Å²) in [6.07, 6.45) is 2.98. The average Bonchev–Trinajstić information content (AvgIpc) is 3.04. The molecule has 0 aliphatic carbocycles. The number of amides is 1. The predicted molar refractivity (Wildman–Crippen MR) is 68.9 cm³/mol. The lowest BCUT2D eigenvalue weighted by Crippen LogP contribution is -2.30. The largest absolute Gasteiger partial charge is 0.481 e. The minimum atomic E-state index is -0.944. The number of carbonyl (C=O) groups excluding carboxylic acids is 1. The second-order valence-corrected chi connectivity index (χ2v) is 4.99. The molecule has 100 valence electrons. The zero-order valence-electron chi connectivity index (χ0n) is 10.1. The highest BCUT2D eigenvalue weighted by Gasteiger charge is 2.16. The second kappa shape index (κ2) is 5.66. The second-order valence-electron chi connectivity index (χ2n) is 3.96. The lowest BCUT2D eigenvalue weighted by Gasteiger charge is -2.06. The van der Waals surface area contributed by atoms with Gasteiger partial charge in [-0.05, 0) is 12.1 Å². The van der Waals surface area contributed by atoms with E-state index < -0.39 is 11.9 Å². The molecule has 2 aromatic heterocycles. The van der Waals surface area contributed by atoms with Crippen molar-refractivity contribution >= 4 is 23.2 Å². The van der Waals surface area contributed by atoms with Crippen molar-refractivity contribution in [1.82, 2.24) is 10.3 Å². The van der Waals surface area contributed by atoms with Crippen molar-refractivity contribution in [2.75, 3.05) is 6.54 Å². The van der Waals surface area contributed by atoms with Gasteiger partial charge >= 0.3 is 5.97 Å². The van der Waals surface area contributed by atoms with Gasteiger partial charge in [0.15, 0.2) is 10.8 Å². The molecule has 0 aromatic carbocycles. The van der Waals surface area contributed by atoms with Crippen molar-refractivity contribution in [1.29, 1.82) is 0 Å². The molecule has 1 atom stereocenters. The van der Waals surface area contributed by atoms with Crippen LogP contribution < -0.4 is 5.32 Å². The van der Waals surface area contributed by atoms with Gasteiger partial charge in [-0.15, -0.1) is 11.3 Å². The summed E-state index contributed by atoms with van der Waals surface area (Å²) in [5, 5.41) is 11.9. The average molecular weight is 280 g/mol. The Morgan fingerprint density at radius 2 is 2.37 bits per heavy atom. The highest BCUT2D eigenvalue weighted by Crippen LogP contribution is 2.25. The van der Waals surface area contributed by atoms with Crippen LogP contribution in [0.1, 0.15) is 16.6 Å². The van der Waals surface area contributed by atoms with Crippen molar-refractivity contribution in [3.05, 3.63) is 29.5 Å². The molecule has 0 fully saturated rings. The van der Waals surface area contributed by atoms with E-state index in [0.717, 1.165) is 0 Å². The lowest BCUT2D eigenvalue weighted by molar-refractivity contribution is -0.140. The number of aromatic nitrogens is 1. The summed E-state index contributed by atoms with van der Waals surface area (Å²) in [4.78, 5) is 26.9. The molecular weight excluding hydrogens is 268 g/mol. The number of furan rings is 1. The van der Waals surface area contributed by atoms with Gasteiger partial charge in [-0.2, -0.15) is 0 Å². The minimum absolute atomic E-state index is 0.0855. The van der Waals surface area contributed by atoms with Gasteiger partial charge in [0, 0.05) is 6.54 Å². The third kappa shape index (κ3) is 3.19. The normalized spacial score (nSPS) is 12.1. The van der Waals surface area contributed by atoms with Crippen LogP contribution in [0, 0.1) is 5.92 Å². The van der Waals surface area contributed by atoms with E-state index in [0.29, 0.717) is 15.6 Å². The summed E-state index contributed by atoms with van der Waals surface area (Å²) in [7, 11) is 0. The van der Waals surface area contributed by atoms with E-state index in [1.54, 1.807) is 12.1 Å². The molecule has 0 radical (unpaired) electrons. The zero-order chi connectivity index (χ0) is 13.8. The topological polar surface area (TPSA) is 92.4 Å². The number of hydrogen-bond acceptors (Lipinski definition) is 5. The number of thiazole rings is 1. The Kier molecular flexibility index (Phi) is 3.96. The van der Waals surface area contributed by atoms with E-state index in [1.807, 2.05) is 0 Å². The van der Waals surface area contributed by atoms with Gasteiger partial charge in [0.25, 0.3) is 5.91 Å². The molecule has 0 saturated heterocycles. The van der Waals surface area contributed by atoms with Gasteiger partial charge in [0.1, 0.15) is 4.88 Å². The standard InChI is InChI=1S/C12H12N2O4S/c1-7(12(16)17)5-13-10(15)9-6-14-11(19-9)8-3-2-4-18-8/h2-4,6-7H,5H2,1H3,(H,13,15)(H,16,17). The van der Waals surface area contributed by atoms with Crippen LogP contribution in [0.5, 0.6) is 0 Å². The maximum atomic E-state index is 11.8. The van der Waals surface area contributed by atoms with Crippen molar-refractivity contribution in [2.45, 2.75) is 6.92 Å². The fraction of sp³-hybridized carbons (Fsp3) is 0.250. The van der Waals surface area contributed by atoms with Crippen LogP contribution in [0.15, 0.2) is 29.0 Å². The smallest absolute Gasteiger partial charge is 0.308 e. The molecule has 6 nitrogen and oxygen atoms in total. The van der Waals surface area contributed by atoms with E-state index in [4.69, 9.17) is 9.52 Å². The molecule has 0 aliphatic rings. The van der Waals surface area contributed by atoms with E-state index >= 15 is 0 Å². The number of carbonyl (C=O) groups is 2. The first-order valence-electron chi connectivity index (χ1n) is 5.58. The Labute approximate surface area is 113 Å². The third-order valence-corrected chi connectivity index (χ3v) is 3.46. The molecule has 0 spiro atoms. The molecule has 0 aliphatic heterocycles. The van der Waals surface area contributed by atoms with Crippen LogP contribution in [0.4, 0.5) is 0 Å². The molecular formula is C12H12N2O4S. The number of carboxylic acid groups (broad SMARTS) is 1. The zero-order valence-corrected chi connectivity index (χ0v) is 10.9. The van der Waals surface area contributed by atoms with Gasteiger partial charge in [-0.25, -0.2) is 4.98 Å². The first-order valence-corrected chi connectivity index (χ1v) is 6.40. The molecule has 2 heterocycles. The number of nitrogens with one attached hydrogen (secondary N) is 1. The van der Waals surface area contributed by atoms with Crippen molar-refractivity contribution in [3.63, 3.8) is 0 Å². The predicted octanol–water partition coefficient (Wildman–Crippen LogP) is 1.85. The number of carboxylic acids is 1. The summed E-state index contributed by atoms with van der Waals surface area (Å²) in [6.45, 7) is 1.62. The molecule has 1 unspecified atom stereocenters. The fourth-order valence-electron chi connectivity index (χ4n) is 1.31. The van der Waals surface area contributed by atoms with Gasteiger partial charge in [0.05, 0.1) is 18.4 Å². The molecule has 0 saturated carbocycles. The molecule has 2 aromatic rings. The van der Waals surface area contributed by atoms with Gasteiger partial charge in [0.2, 0.25) is 0 Å². The summed E-state index contributed by atoms with van der Waals surface area (Å²) in [5.41, 5.74) is 0. The molecule has 2 rings (SSSR count). The minimum Gasteiger partial charge on any atom is -0.481 e. The fourth-order valence-corrected chi connectivity index (χ4v) is 2.11. The summed E-state index contributed by atoms with van der Waals surface area (Å²) in [5.74, 6) is -1.30. The molecule has 1 amide bonds. The van der Waals surface area contributed by atoms with Gasteiger partial charge < -0.3 is 14.8 Å². The van der Waals surface area contributed by atoms with Gasteiger partial charge in [-0.3, -0.25) is 9.59 Å². The monoisotopic (exact) mass is 280 g/mol. The number of aliphatic carboxylic acids is 1. The van der Waals surface area contributed by atoms with E-state index in [1.165, 1.54) is 30.7 Å². The highest BCUT2D eigenvalue weighted by atomic mass is 32.1. The number of hydrogen-bond donors (Lipinski definition) is 2. The Bertz CT molecular complexity index is 576. The van der Waals surface area contributed by atoms with Crippen LogP contribution >= 0.6 is 11.3 Å². The van der Waals surface area contributed by atoms with Gasteiger partial charge in [-0.1, -0.05) is 6.92 Å². The Morgan fingerprint density at radius 1 is 1.58 bits per heavy atom. The van der Waals surface area contributed by atoms with Crippen LogP contribution in [-0.4, -0.2) is 28.5 Å². The van der Waals surface area contributed by atoms with Crippen molar-refractivity contribution in [2.24, 2.45) is 5.92 Å². The Balaban J connectivity index is 1.99. The third-order valence-electron chi connectivity index (χ3n) is 2.45. The summed E-state index contributed by atoms with van der Waals surface area (Å²) < 4.78 is 5.18. The lowest BCUT2D eigenvalue weighted by atomic mass is 10.2. The van der Waals surface area contributed by atoms with Crippen LogP contribution in [0.2, 0.25) is 0 Å². The molecule has 7 heteroatoms. The summed E-state index contributed by atoms with van der Waals surface area (Å²) >= 11 is 1.19. The van der Waals surface area contributed by atoms with Crippen LogP contribution in [0.25, 0.3) is 10.8 Å². The van der Waals surface area contributed by atoms with Crippen molar-refractivity contribution < 1.29 is 19.1 Å². The Hall–Kier alpha value is -2.15. The van der Waals surface area contributed by atoms with E-state index in [9.17, 15) is 9.59 Å². The highest BCUT2D eigenvalue weighted by molar-refractivity contribution is 7.16. The maximum Gasteiger partial charge on any atom is 0.308 e. The maximum absolute atomic E-state index is 11.8. The molecule has 2 N–H and O–H groups in total. The first kappa shape index (κ1) is 13.3. The molecule has 19 heavy (non-hydrogen) atoms. The van der Waals surface area contributed by atoms with Crippen LogP contribution in [-0.2, 0) is 4.79 Å². The SMILES string of the molecule is CC(CNC(=O)c1cnc(-c2ccco2)s1)C(=O)O.